The van der Waals surface area contributed by atoms with Gasteiger partial charge in [0.1, 0.15) is 11.6 Å². The van der Waals surface area contributed by atoms with Gasteiger partial charge in [-0.3, -0.25) is 4.79 Å². The van der Waals surface area contributed by atoms with Gasteiger partial charge in [0.25, 0.3) is 5.91 Å². The summed E-state index contributed by atoms with van der Waals surface area (Å²) in [6, 6.07) is 4.23. The van der Waals surface area contributed by atoms with Gasteiger partial charge in [0.2, 0.25) is 0 Å². The van der Waals surface area contributed by atoms with Gasteiger partial charge < -0.3 is 15.4 Å². The predicted octanol–water partition coefficient (Wildman–Crippen LogP) is 2.94. The number of carbonyl (C=O) groups excluding carboxylic acids is 1. The zero-order valence-corrected chi connectivity index (χ0v) is 14.5. The summed E-state index contributed by atoms with van der Waals surface area (Å²) in [6.07, 6.45) is 1.40. The molecular formula is C16H22BrFN2O2. The van der Waals surface area contributed by atoms with E-state index in [1.165, 1.54) is 18.2 Å². The highest BCUT2D eigenvalue weighted by Gasteiger charge is 2.29. The maximum atomic E-state index is 13.1. The molecule has 3 atom stereocenters. The smallest absolute Gasteiger partial charge is 0.263 e. The maximum absolute atomic E-state index is 13.1. The number of nitrogens with two attached hydrogens (primary N) is 1. The lowest BCUT2D eigenvalue weighted by atomic mass is 9.92. The average Bonchev–Trinajstić information content (AvgIpc) is 2.49. The fourth-order valence-corrected chi connectivity index (χ4v) is 3.15. The molecular weight excluding hydrogens is 351 g/mol. The van der Waals surface area contributed by atoms with E-state index in [4.69, 9.17) is 10.5 Å². The zero-order chi connectivity index (χ0) is 16.3. The average molecular weight is 373 g/mol. The highest BCUT2D eigenvalue weighted by molar-refractivity contribution is 9.10. The van der Waals surface area contributed by atoms with Crippen LogP contribution in [0.4, 0.5) is 4.39 Å². The lowest BCUT2D eigenvalue weighted by Gasteiger charge is -2.35. The zero-order valence-electron chi connectivity index (χ0n) is 12.9. The SMILES string of the molecule is C[C@H](Oc1ccc(F)cc1Br)C(=O)N1CCC[C@H]([C@@H](C)N)C1. The summed E-state index contributed by atoms with van der Waals surface area (Å²) in [5.74, 6) is 0.390. The van der Waals surface area contributed by atoms with Crippen molar-refractivity contribution < 1.29 is 13.9 Å². The van der Waals surface area contributed by atoms with Gasteiger partial charge in [-0.1, -0.05) is 0 Å². The van der Waals surface area contributed by atoms with Gasteiger partial charge in [-0.05, 0) is 66.7 Å². The first-order chi connectivity index (χ1) is 10.4. The molecule has 1 aliphatic heterocycles. The Morgan fingerprint density at radius 3 is 2.86 bits per heavy atom. The van der Waals surface area contributed by atoms with Crippen molar-refractivity contribution in [2.45, 2.75) is 38.8 Å². The molecule has 2 N–H and O–H groups in total. The number of hydrogen-bond donors (Lipinski definition) is 1. The summed E-state index contributed by atoms with van der Waals surface area (Å²) >= 11 is 3.24. The Morgan fingerprint density at radius 2 is 2.23 bits per heavy atom. The molecule has 0 saturated carbocycles. The molecule has 22 heavy (non-hydrogen) atoms. The fraction of sp³-hybridized carbons (Fsp3) is 0.562. The van der Waals surface area contributed by atoms with Crippen LogP contribution in [0, 0.1) is 11.7 Å². The normalized spacial score (nSPS) is 21.3. The second kappa shape index (κ2) is 7.42. The summed E-state index contributed by atoms with van der Waals surface area (Å²) in [7, 11) is 0. The third kappa shape index (κ3) is 4.20. The number of piperidine rings is 1. The van der Waals surface area contributed by atoms with Crippen LogP contribution in [0.2, 0.25) is 0 Å². The number of likely N-dealkylation sites (tertiary alicyclic amines) is 1. The molecule has 0 unspecified atom stereocenters. The van der Waals surface area contributed by atoms with Crippen LogP contribution in [0.25, 0.3) is 0 Å². The van der Waals surface area contributed by atoms with Gasteiger partial charge in [-0.2, -0.15) is 0 Å². The Kier molecular flexibility index (Phi) is 5.81. The summed E-state index contributed by atoms with van der Waals surface area (Å²) in [6.45, 7) is 5.11. The second-order valence-corrected chi connectivity index (χ2v) is 6.73. The van der Waals surface area contributed by atoms with E-state index in [0.29, 0.717) is 22.7 Å². The van der Waals surface area contributed by atoms with Crippen molar-refractivity contribution in [1.29, 1.82) is 0 Å². The predicted molar refractivity (Wildman–Crippen MR) is 87.1 cm³/mol. The van der Waals surface area contributed by atoms with Crippen molar-refractivity contribution in [3.05, 3.63) is 28.5 Å². The minimum atomic E-state index is -0.617. The van der Waals surface area contributed by atoms with E-state index in [1.807, 2.05) is 11.8 Å². The minimum Gasteiger partial charge on any atom is -0.480 e. The molecule has 1 aliphatic rings. The Bertz CT molecular complexity index is 539. The first-order valence-electron chi connectivity index (χ1n) is 7.54. The number of amides is 1. The molecule has 0 aliphatic carbocycles. The summed E-state index contributed by atoms with van der Waals surface area (Å²) in [5, 5.41) is 0. The topological polar surface area (TPSA) is 55.6 Å². The molecule has 2 rings (SSSR count). The molecule has 0 radical (unpaired) electrons. The van der Waals surface area contributed by atoms with Crippen LogP contribution in [-0.2, 0) is 4.79 Å². The first kappa shape index (κ1) is 17.2. The number of ether oxygens (including phenoxy) is 1. The van der Waals surface area contributed by atoms with Gasteiger partial charge in [-0.25, -0.2) is 4.39 Å². The quantitative estimate of drug-likeness (QED) is 0.883. The largest absolute Gasteiger partial charge is 0.480 e. The lowest BCUT2D eigenvalue weighted by molar-refractivity contribution is -0.139. The summed E-state index contributed by atoms with van der Waals surface area (Å²) < 4.78 is 19.3. The fourth-order valence-electron chi connectivity index (χ4n) is 2.71. The van der Waals surface area contributed by atoms with E-state index >= 15 is 0 Å². The molecule has 1 amide bonds. The van der Waals surface area contributed by atoms with E-state index in [9.17, 15) is 9.18 Å². The van der Waals surface area contributed by atoms with Crippen LogP contribution < -0.4 is 10.5 Å². The first-order valence-corrected chi connectivity index (χ1v) is 8.34. The number of hydrogen-bond acceptors (Lipinski definition) is 3. The third-order valence-corrected chi connectivity index (χ3v) is 4.68. The van der Waals surface area contributed by atoms with E-state index in [0.717, 1.165) is 19.4 Å². The molecule has 0 bridgehead atoms. The number of carbonyl (C=O) groups is 1. The number of nitrogens with zero attached hydrogens (tertiary/aromatic N) is 1. The highest BCUT2D eigenvalue weighted by atomic mass is 79.9. The molecule has 6 heteroatoms. The van der Waals surface area contributed by atoms with Gasteiger partial charge >= 0.3 is 0 Å². The van der Waals surface area contributed by atoms with E-state index in [2.05, 4.69) is 15.9 Å². The van der Waals surface area contributed by atoms with Crippen molar-refractivity contribution in [2.24, 2.45) is 11.7 Å². The second-order valence-electron chi connectivity index (χ2n) is 5.88. The van der Waals surface area contributed by atoms with Crippen molar-refractivity contribution in [3.8, 4) is 5.75 Å². The van der Waals surface area contributed by atoms with Crippen LogP contribution >= 0.6 is 15.9 Å². The molecule has 4 nitrogen and oxygen atoms in total. The molecule has 1 saturated heterocycles. The molecule has 0 aromatic heterocycles. The van der Waals surface area contributed by atoms with Gasteiger partial charge in [0.15, 0.2) is 6.10 Å². The number of benzene rings is 1. The lowest BCUT2D eigenvalue weighted by Crippen LogP contribution is -2.48. The standard InChI is InChI=1S/C16H22BrFN2O2/c1-10(19)12-4-3-7-20(9-12)16(21)11(2)22-15-6-5-13(18)8-14(15)17/h5-6,8,10-12H,3-4,7,9,19H2,1-2H3/t10-,11+,12+/m1/s1. The van der Waals surface area contributed by atoms with E-state index < -0.39 is 6.10 Å². The Hall–Kier alpha value is -1.14. The van der Waals surface area contributed by atoms with E-state index in [-0.39, 0.29) is 17.8 Å². The molecule has 1 aromatic carbocycles. The highest BCUT2D eigenvalue weighted by Crippen LogP contribution is 2.27. The maximum Gasteiger partial charge on any atom is 0.263 e. The molecule has 122 valence electrons. The van der Waals surface area contributed by atoms with E-state index in [1.54, 1.807) is 6.92 Å². The van der Waals surface area contributed by atoms with Crippen molar-refractivity contribution in [2.75, 3.05) is 13.1 Å². The Balaban J connectivity index is 1.99. The molecule has 1 fully saturated rings. The Labute approximate surface area is 138 Å². The molecule has 0 spiro atoms. The third-order valence-electron chi connectivity index (χ3n) is 4.06. The molecule has 1 heterocycles. The minimum absolute atomic E-state index is 0.0541. The number of halogens is 2. The van der Waals surface area contributed by atoms with Crippen LogP contribution in [0.3, 0.4) is 0 Å². The number of rotatable bonds is 4. The Morgan fingerprint density at radius 1 is 1.50 bits per heavy atom. The van der Waals surface area contributed by atoms with Crippen LogP contribution in [0.5, 0.6) is 5.75 Å². The molecule has 1 aromatic rings. The monoisotopic (exact) mass is 372 g/mol. The van der Waals surface area contributed by atoms with Crippen LogP contribution in [-0.4, -0.2) is 36.0 Å². The van der Waals surface area contributed by atoms with Crippen molar-refractivity contribution in [3.63, 3.8) is 0 Å². The van der Waals surface area contributed by atoms with Crippen LogP contribution in [0.15, 0.2) is 22.7 Å². The van der Waals surface area contributed by atoms with Gasteiger partial charge in [0, 0.05) is 19.1 Å². The van der Waals surface area contributed by atoms with Crippen molar-refractivity contribution >= 4 is 21.8 Å². The van der Waals surface area contributed by atoms with Gasteiger partial charge in [0.05, 0.1) is 4.47 Å². The van der Waals surface area contributed by atoms with Gasteiger partial charge in [-0.15, -0.1) is 0 Å². The van der Waals surface area contributed by atoms with Crippen molar-refractivity contribution in [1.82, 2.24) is 4.90 Å². The van der Waals surface area contributed by atoms with Crippen LogP contribution in [0.1, 0.15) is 26.7 Å². The summed E-state index contributed by atoms with van der Waals surface area (Å²) in [4.78, 5) is 14.3. The summed E-state index contributed by atoms with van der Waals surface area (Å²) in [5.41, 5.74) is 5.95.